The summed E-state index contributed by atoms with van der Waals surface area (Å²) in [6, 6.07) is 20.0. The van der Waals surface area contributed by atoms with E-state index in [-0.39, 0.29) is 11.9 Å². The molecule has 4 nitrogen and oxygen atoms in total. The van der Waals surface area contributed by atoms with Crippen LogP contribution in [-0.4, -0.2) is 17.6 Å². The summed E-state index contributed by atoms with van der Waals surface area (Å²) in [4.78, 5) is 15.0. The summed E-state index contributed by atoms with van der Waals surface area (Å²) in [5.41, 5.74) is 3.47. The van der Waals surface area contributed by atoms with Gasteiger partial charge in [-0.1, -0.05) is 42.5 Å². The van der Waals surface area contributed by atoms with Crippen LogP contribution in [-0.2, 0) is 4.74 Å². The molecule has 120 valence electrons. The van der Waals surface area contributed by atoms with Crippen LogP contribution in [0.1, 0.15) is 40.9 Å². The van der Waals surface area contributed by atoms with E-state index in [0.29, 0.717) is 18.7 Å². The fourth-order valence-electron chi connectivity index (χ4n) is 2.89. The molecule has 0 aliphatic carbocycles. The lowest BCUT2D eigenvalue weighted by Crippen LogP contribution is -2.04. The van der Waals surface area contributed by atoms with Crippen LogP contribution in [0, 0.1) is 11.3 Å². The van der Waals surface area contributed by atoms with E-state index in [2.05, 4.69) is 11.1 Å². The van der Waals surface area contributed by atoms with E-state index in [9.17, 15) is 10.1 Å². The average Bonchev–Trinajstić information content (AvgIpc) is 3.04. The minimum absolute atomic E-state index is 0.00921. The molecule has 0 saturated heterocycles. The number of fused-ring (bicyclic) bond motifs is 1. The smallest absolute Gasteiger partial charge is 0.354 e. The van der Waals surface area contributed by atoms with Gasteiger partial charge in [0, 0.05) is 23.2 Å². The summed E-state index contributed by atoms with van der Waals surface area (Å²) in [7, 11) is 0. The van der Waals surface area contributed by atoms with E-state index in [1.54, 1.807) is 13.0 Å². The zero-order chi connectivity index (χ0) is 16.9. The number of nitrogens with one attached hydrogen (secondary N) is 1. The SMILES string of the molecule is CCOC(=O)c1cc2ccc(C(CC#N)c3ccccc3)cc2[nH]1. The minimum atomic E-state index is -0.355. The van der Waals surface area contributed by atoms with Gasteiger partial charge in [-0.05, 0) is 30.2 Å². The summed E-state index contributed by atoms with van der Waals surface area (Å²) in [5, 5.41) is 10.1. The van der Waals surface area contributed by atoms with Crippen LogP contribution in [0.25, 0.3) is 10.9 Å². The lowest BCUT2D eigenvalue weighted by molar-refractivity contribution is 0.0520. The second-order valence-corrected chi connectivity index (χ2v) is 5.58. The van der Waals surface area contributed by atoms with Gasteiger partial charge in [-0.25, -0.2) is 4.79 Å². The number of hydrogen-bond donors (Lipinski definition) is 1. The van der Waals surface area contributed by atoms with Gasteiger partial charge < -0.3 is 9.72 Å². The number of nitriles is 1. The van der Waals surface area contributed by atoms with Gasteiger partial charge in [0.15, 0.2) is 0 Å². The van der Waals surface area contributed by atoms with E-state index in [1.165, 1.54) is 0 Å². The molecule has 3 rings (SSSR count). The van der Waals surface area contributed by atoms with Crippen molar-refractivity contribution in [2.45, 2.75) is 19.3 Å². The van der Waals surface area contributed by atoms with Crippen LogP contribution >= 0.6 is 0 Å². The molecule has 0 radical (unpaired) electrons. The monoisotopic (exact) mass is 318 g/mol. The van der Waals surface area contributed by atoms with Crippen molar-refractivity contribution in [2.75, 3.05) is 6.61 Å². The number of aromatic nitrogens is 1. The number of esters is 1. The van der Waals surface area contributed by atoms with Gasteiger partial charge in [-0.3, -0.25) is 0 Å². The summed E-state index contributed by atoms with van der Waals surface area (Å²) in [6.07, 6.45) is 0.404. The first kappa shape index (κ1) is 15.8. The van der Waals surface area contributed by atoms with Crippen LogP contribution in [0.3, 0.4) is 0 Å². The first-order valence-electron chi connectivity index (χ1n) is 7.94. The summed E-state index contributed by atoms with van der Waals surface area (Å²) in [5.74, 6) is -0.346. The Morgan fingerprint density at radius 2 is 1.96 bits per heavy atom. The molecular formula is C20H18N2O2. The summed E-state index contributed by atoms with van der Waals surface area (Å²) >= 11 is 0. The van der Waals surface area contributed by atoms with Crippen molar-refractivity contribution in [3.63, 3.8) is 0 Å². The van der Waals surface area contributed by atoms with Crippen molar-refractivity contribution in [3.05, 3.63) is 71.4 Å². The van der Waals surface area contributed by atoms with E-state index in [4.69, 9.17) is 4.74 Å². The molecule has 24 heavy (non-hydrogen) atoms. The fraction of sp³-hybridized carbons (Fsp3) is 0.200. The van der Waals surface area contributed by atoms with Crippen LogP contribution < -0.4 is 0 Å². The topological polar surface area (TPSA) is 65.9 Å². The number of carbonyl (C=O) groups excluding carboxylic acids is 1. The molecule has 0 aliphatic heterocycles. The molecule has 1 atom stereocenters. The van der Waals surface area contributed by atoms with Crippen molar-refractivity contribution in [3.8, 4) is 6.07 Å². The van der Waals surface area contributed by atoms with Crippen molar-refractivity contribution in [2.24, 2.45) is 0 Å². The third-order valence-corrected chi connectivity index (χ3v) is 4.04. The maximum Gasteiger partial charge on any atom is 0.354 e. The molecule has 1 aromatic heterocycles. The zero-order valence-electron chi connectivity index (χ0n) is 13.5. The molecule has 0 bridgehead atoms. The van der Waals surface area contributed by atoms with Crippen LogP contribution in [0.5, 0.6) is 0 Å². The van der Waals surface area contributed by atoms with E-state index in [1.807, 2.05) is 48.5 Å². The predicted molar refractivity (Wildman–Crippen MR) is 92.8 cm³/mol. The number of nitrogens with zero attached hydrogens (tertiary/aromatic N) is 1. The molecule has 1 unspecified atom stereocenters. The van der Waals surface area contributed by atoms with Gasteiger partial charge in [0.1, 0.15) is 5.69 Å². The third kappa shape index (κ3) is 3.16. The largest absolute Gasteiger partial charge is 0.461 e. The maximum atomic E-state index is 11.9. The average molecular weight is 318 g/mol. The van der Waals surface area contributed by atoms with Crippen LogP contribution in [0.15, 0.2) is 54.6 Å². The number of aromatic amines is 1. The number of H-pyrrole nitrogens is 1. The van der Waals surface area contributed by atoms with Crippen molar-refractivity contribution in [1.82, 2.24) is 4.98 Å². The Morgan fingerprint density at radius 3 is 2.67 bits per heavy atom. The highest BCUT2D eigenvalue weighted by Crippen LogP contribution is 2.30. The molecule has 4 heteroatoms. The predicted octanol–water partition coefficient (Wildman–Crippen LogP) is 4.39. The maximum absolute atomic E-state index is 11.9. The van der Waals surface area contributed by atoms with E-state index in [0.717, 1.165) is 22.0 Å². The highest BCUT2D eigenvalue weighted by atomic mass is 16.5. The number of hydrogen-bond acceptors (Lipinski definition) is 3. The molecular weight excluding hydrogens is 300 g/mol. The van der Waals surface area contributed by atoms with Gasteiger partial charge in [-0.2, -0.15) is 5.26 Å². The highest BCUT2D eigenvalue weighted by Gasteiger charge is 2.16. The lowest BCUT2D eigenvalue weighted by atomic mass is 9.88. The minimum Gasteiger partial charge on any atom is -0.461 e. The molecule has 0 fully saturated rings. The summed E-state index contributed by atoms with van der Waals surface area (Å²) < 4.78 is 5.03. The molecule has 1 N–H and O–H groups in total. The Balaban J connectivity index is 1.99. The number of benzene rings is 2. The van der Waals surface area contributed by atoms with Gasteiger partial charge in [0.05, 0.1) is 12.7 Å². The van der Waals surface area contributed by atoms with Crippen molar-refractivity contribution >= 4 is 16.9 Å². The zero-order valence-corrected chi connectivity index (χ0v) is 13.5. The standard InChI is InChI=1S/C20H18N2O2/c1-2-24-20(23)19-13-16-9-8-15(12-18(16)22-19)17(10-11-21)14-6-4-3-5-7-14/h3-9,12-13,17,22H,2,10H2,1H3. The number of carbonyl (C=O) groups is 1. The number of ether oxygens (including phenoxy) is 1. The first-order valence-corrected chi connectivity index (χ1v) is 7.94. The molecule has 0 saturated carbocycles. The van der Waals surface area contributed by atoms with Crippen molar-refractivity contribution < 1.29 is 9.53 Å². The van der Waals surface area contributed by atoms with Crippen LogP contribution in [0.4, 0.5) is 0 Å². The summed E-state index contributed by atoms with van der Waals surface area (Å²) in [6.45, 7) is 2.13. The van der Waals surface area contributed by atoms with E-state index < -0.39 is 0 Å². The Hall–Kier alpha value is -3.06. The Bertz CT molecular complexity index is 891. The molecule has 1 heterocycles. The van der Waals surface area contributed by atoms with Crippen LogP contribution in [0.2, 0.25) is 0 Å². The third-order valence-electron chi connectivity index (χ3n) is 4.04. The fourth-order valence-corrected chi connectivity index (χ4v) is 2.89. The highest BCUT2D eigenvalue weighted by molar-refractivity contribution is 5.95. The van der Waals surface area contributed by atoms with Gasteiger partial charge in [0.2, 0.25) is 0 Å². The Labute approximate surface area is 140 Å². The Kier molecular flexibility index (Phi) is 4.62. The van der Waals surface area contributed by atoms with Gasteiger partial charge in [0.25, 0.3) is 0 Å². The molecule has 3 aromatic rings. The molecule has 0 aliphatic rings. The van der Waals surface area contributed by atoms with Crippen molar-refractivity contribution in [1.29, 1.82) is 5.26 Å². The quantitative estimate of drug-likeness (QED) is 0.709. The second kappa shape index (κ2) is 7.01. The molecule has 0 spiro atoms. The normalized spacial score (nSPS) is 11.8. The number of rotatable bonds is 5. The van der Waals surface area contributed by atoms with Gasteiger partial charge in [-0.15, -0.1) is 0 Å². The van der Waals surface area contributed by atoms with Gasteiger partial charge >= 0.3 is 5.97 Å². The Morgan fingerprint density at radius 1 is 1.17 bits per heavy atom. The molecule has 2 aromatic carbocycles. The van der Waals surface area contributed by atoms with E-state index >= 15 is 0 Å². The lowest BCUT2D eigenvalue weighted by Gasteiger charge is -2.14. The first-order chi connectivity index (χ1) is 11.7. The molecule has 0 amide bonds. The second-order valence-electron chi connectivity index (χ2n) is 5.58.